The van der Waals surface area contributed by atoms with E-state index < -0.39 is 42.1 Å². The van der Waals surface area contributed by atoms with Crippen LogP contribution >= 0.6 is 0 Å². The highest BCUT2D eigenvalue weighted by molar-refractivity contribution is 5.75. The standard InChI is InChI=1S/C11H20O6/c1-5-8(17-10(15)11(2,3)4)6(12)7(13)9(14)16-5/h5-9,12-14H,1-4H3/t5-,6-,7+,8-,9+/m0/s1. The number of carbonyl (C=O) groups is 1. The summed E-state index contributed by atoms with van der Waals surface area (Å²) < 4.78 is 10.1. The summed E-state index contributed by atoms with van der Waals surface area (Å²) in [7, 11) is 0. The van der Waals surface area contributed by atoms with E-state index >= 15 is 0 Å². The van der Waals surface area contributed by atoms with Crippen LogP contribution in [0.3, 0.4) is 0 Å². The Bertz CT molecular complexity index is 284. The van der Waals surface area contributed by atoms with Crippen LogP contribution in [0.1, 0.15) is 27.7 Å². The number of aliphatic hydroxyl groups is 3. The highest BCUT2D eigenvalue weighted by atomic mass is 16.7. The monoisotopic (exact) mass is 248 g/mol. The molecule has 0 radical (unpaired) electrons. The molecule has 6 nitrogen and oxygen atoms in total. The Morgan fingerprint density at radius 1 is 1.18 bits per heavy atom. The molecule has 1 rings (SSSR count). The minimum atomic E-state index is -1.48. The van der Waals surface area contributed by atoms with Gasteiger partial charge in [0.25, 0.3) is 0 Å². The summed E-state index contributed by atoms with van der Waals surface area (Å²) in [6.45, 7) is 6.60. The second kappa shape index (κ2) is 4.89. The van der Waals surface area contributed by atoms with Gasteiger partial charge in [0.2, 0.25) is 0 Å². The predicted molar refractivity (Wildman–Crippen MR) is 57.9 cm³/mol. The Balaban J connectivity index is 2.73. The lowest BCUT2D eigenvalue weighted by molar-refractivity contribution is -0.282. The van der Waals surface area contributed by atoms with Gasteiger partial charge in [0, 0.05) is 0 Å². The van der Waals surface area contributed by atoms with Crippen LogP contribution in [0.2, 0.25) is 0 Å². The summed E-state index contributed by atoms with van der Waals surface area (Å²) in [5.41, 5.74) is -0.708. The molecule has 0 aromatic carbocycles. The maximum absolute atomic E-state index is 11.7. The summed E-state index contributed by atoms with van der Waals surface area (Å²) in [6, 6.07) is 0. The molecule has 0 aromatic heterocycles. The van der Waals surface area contributed by atoms with Crippen molar-refractivity contribution in [2.75, 3.05) is 0 Å². The molecule has 0 spiro atoms. The van der Waals surface area contributed by atoms with Crippen LogP contribution < -0.4 is 0 Å². The van der Waals surface area contributed by atoms with Gasteiger partial charge in [0.05, 0.1) is 11.5 Å². The molecule has 1 heterocycles. The van der Waals surface area contributed by atoms with Crippen molar-refractivity contribution in [2.24, 2.45) is 5.41 Å². The number of rotatable bonds is 1. The molecule has 0 aromatic rings. The van der Waals surface area contributed by atoms with E-state index in [1.165, 1.54) is 0 Å². The molecule has 1 fully saturated rings. The van der Waals surface area contributed by atoms with Gasteiger partial charge in [-0.25, -0.2) is 0 Å². The van der Waals surface area contributed by atoms with Crippen molar-refractivity contribution in [1.82, 2.24) is 0 Å². The first kappa shape index (κ1) is 14.4. The first-order valence-electron chi connectivity index (χ1n) is 5.55. The van der Waals surface area contributed by atoms with E-state index in [-0.39, 0.29) is 0 Å². The van der Waals surface area contributed by atoms with Gasteiger partial charge in [-0.3, -0.25) is 4.79 Å². The Hall–Kier alpha value is -0.690. The van der Waals surface area contributed by atoms with Crippen molar-refractivity contribution < 1.29 is 29.6 Å². The highest BCUT2D eigenvalue weighted by Gasteiger charge is 2.45. The largest absolute Gasteiger partial charge is 0.456 e. The third kappa shape index (κ3) is 3.16. The predicted octanol–water partition coefficient (Wildman–Crippen LogP) is -0.597. The molecule has 0 saturated carbocycles. The van der Waals surface area contributed by atoms with Crippen LogP contribution in [0, 0.1) is 5.41 Å². The number of aliphatic hydroxyl groups excluding tert-OH is 3. The van der Waals surface area contributed by atoms with Crippen molar-refractivity contribution in [1.29, 1.82) is 0 Å². The molecule has 5 atom stereocenters. The quantitative estimate of drug-likeness (QED) is 0.536. The van der Waals surface area contributed by atoms with E-state index in [1.807, 2.05) is 0 Å². The number of esters is 1. The zero-order valence-electron chi connectivity index (χ0n) is 10.5. The molecule has 1 aliphatic heterocycles. The molecule has 1 saturated heterocycles. The molecule has 0 aliphatic carbocycles. The van der Waals surface area contributed by atoms with Crippen molar-refractivity contribution in [3.63, 3.8) is 0 Å². The molecule has 100 valence electrons. The summed E-state index contributed by atoms with van der Waals surface area (Å²) in [5, 5.41) is 28.4. The van der Waals surface area contributed by atoms with Gasteiger partial charge in [-0.15, -0.1) is 0 Å². The molecule has 0 bridgehead atoms. The molecule has 0 unspecified atom stereocenters. The average molecular weight is 248 g/mol. The van der Waals surface area contributed by atoms with Gasteiger partial charge < -0.3 is 24.8 Å². The van der Waals surface area contributed by atoms with Crippen molar-refractivity contribution in [2.45, 2.75) is 58.4 Å². The molecule has 1 aliphatic rings. The Morgan fingerprint density at radius 3 is 2.18 bits per heavy atom. The van der Waals surface area contributed by atoms with Crippen LogP contribution in [-0.2, 0) is 14.3 Å². The minimum absolute atomic E-state index is 0.499. The summed E-state index contributed by atoms with van der Waals surface area (Å²) >= 11 is 0. The Morgan fingerprint density at radius 2 is 1.71 bits per heavy atom. The number of ether oxygens (including phenoxy) is 2. The number of hydrogen-bond donors (Lipinski definition) is 3. The molecule has 3 N–H and O–H groups in total. The van der Waals surface area contributed by atoms with Gasteiger partial charge in [-0.2, -0.15) is 0 Å². The van der Waals surface area contributed by atoms with Gasteiger partial charge in [0.1, 0.15) is 12.2 Å². The maximum Gasteiger partial charge on any atom is 0.311 e. The Labute approximate surface area is 100 Å². The maximum atomic E-state index is 11.7. The SMILES string of the molecule is C[C@@H]1O[C@@H](O)[C@H](O)[C@H](O)[C@H]1OC(=O)C(C)(C)C. The van der Waals surface area contributed by atoms with Crippen molar-refractivity contribution in [3.05, 3.63) is 0 Å². The van der Waals surface area contributed by atoms with Gasteiger partial charge in [-0.1, -0.05) is 0 Å². The van der Waals surface area contributed by atoms with E-state index in [1.54, 1.807) is 27.7 Å². The Kier molecular flexibility index (Phi) is 4.14. The van der Waals surface area contributed by atoms with Crippen LogP contribution in [0.25, 0.3) is 0 Å². The second-order valence-corrected chi connectivity index (χ2v) is 5.33. The van der Waals surface area contributed by atoms with Crippen molar-refractivity contribution >= 4 is 5.97 Å². The van der Waals surface area contributed by atoms with E-state index in [4.69, 9.17) is 9.47 Å². The molecular weight excluding hydrogens is 228 g/mol. The average Bonchev–Trinajstić information content (AvgIpc) is 2.19. The zero-order valence-corrected chi connectivity index (χ0v) is 10.5. The van der Waals surface area contributed by atoms with E-state index in [9.17, 15) is 20.1 Å². The molecule has 0 amide bonds. The summed E-state index contributed by atoms with van der Waals surface area (Å²) in [5.74, 6) is -0.499. The summed E-state index contributed by atoms with van der Waals surface area (Å²) in [6.07, 6.45) is -5.98. The summed E-state index contributed by atoms with van der Waals surface area (Å²) in [4.78, 5) is 11.7. The van der Waals surface area contributed by atoms with Crippen LogP contribution in [0.15, 0.2) is 0 Å². The van der Waals surface area contributed by atoms with E-state index in [0.29, 0.717) is 0 Å². The van der Waals surface area contributed by atoms with Gasteiger partial charge in [-0.05, 0) is 27.7 Å². The van der Waals surface area contributed by atoms with Crippen LogP contribution in [0.5, 0.6) is 0 Å². The fourth-order valence-electron chi connectivity index (χ4n) is 1.48. The number of carbonyl (C=O) groups excluding carboxylic acids is 1. The normalized spacial score (nSPS) is 38.9. The molecule has 17 heavy (non-hydrogen) atoms. The third-order valence-corrected chi connectivity index (χ3v) is 2.65. The first-order chi connectivity index (χ1) is 7.64. The first-order valence-corrected chi connectivity index (χ1v) is 5.55. The number of hydrogen-bond acceptors (Lipinski definition) is 6. The lowest BCUT2D eigenvalue weighted by Gasteiger charge is -2.39. The van der Waals surface area contributed by atoms with Gasteiger partial charge >= 0.3 is 5.97 Å². The minimum Gasteiger partial charge on any atom is -0.456 e. The van der Waals surface area contributed by atoms with E-state index in [0.717, 1.165) is 0 Å². The topological polar surface area (TPSA) is 96.2 Å². The van der Waals surface area contributed by atoms with Crippen molar-refractivity contribution in [3.8, 4) is 0 Å². The smallest absolute Gasteiger partial charge is 0.311 e. The fourth-order valence-corrected chi connectivity index (χ4v) is 1.48. The van der Waals surface area contributed by atoms with Crippen LogP contribution in [0.4, 0.5) is 0 Å². The van der Waals surface area contributed by atoms with Crippen LogP contribution in [-0.4, -0.2) is 52.0 Å². The third-order valence-electron chi connectivity index (χ3n) is 2.65. The highest BCUT2D eigenvalue weighted by Crippen LogP contribution is 2.25. The van der Waals surface area contributed by atoms with E-state index in [2.05, 4.69) is 0 Å². The van der Waals surface area contributed by atoms with Gasteiger partial charge in [0.15, 0.2) is 12.4 Å². The zero-order chi connectivity index (χ0) is 13.4. The molecular formula is C11H20O6. The second-order valence-electron chi connectivity index (χ2n) is 5.33. The lowest BCUT2D eigenvalue weighted by Crippen LogP contribution is -2.58. The lowest BCUT2D eigenvalue weighted by atomic mass is 9.95. The molecule has 6 heteroatoms. The fraction of sp³-hybridized carbons (Fsp3) is 0.909.